The number of ether oxygens (including phenoxy) is 2. The average molecular weight is 327 g/mol. The maximum Gasteiger partial charge on any atom is 0.339 e. The van der Waals surface area contributed by atoms with Crippen molar-refractivity contribution in [3.8, 4) is 0 Å². The first-order valence-corrected chi connectivity index (χ1v) is 7.15. The van der Waals surface area contributed by atoms with E-state index >= 15 is 0 Å². The molecule has 0 aliphatic heterocycles. The van der Waals surface area contributed by atoms with Gasteiger partial charge in [-0.1, -0.05) is 17.7 Å². The molecule has 2 rings (SSSR count). The predicted octanol–water partition coefficient (Wildman–Crippen LogP) is 2.82. The number of carbonyl (C=O) groups is 3. The number of rotatable bonds is 4. The Hall–Kier alpha value is -3.15. The van der Waals surface area contributed by atoms with Crippen LogP contribution >= 0.6 is 0 Å². The third-order valence-electron chi connectivity index (χ3n) is 3.37. The summed E-state index contributed by atoms with van der Waals surface area (Å²) in [5.41, 5.74) is 1.90. The highest BCUT2D eigenvalue weighted by molar-refractivity contribution is 6.09. The van der Waals surface area contributed by atoms with Crippen LogP contribution in [-0.2, 0) is 9.47 Å². The van der Waals surface area contributed by atoms with Crippen LogP contribution < -0.4 is 5.32 Å². The van der Waals surface area contributed by atoms with Crippen molar-refractivity contribution < 1.29 is 23.9 Å². The number of hydrogen-bond acceptors (Lipinski definition) is 5. The van der Waals surface area contributed by atoms with Crippen molar-refractivity contribution in [1.29, 1.82) is 0 Å². The number of amides is 1. The largest absolute Gasteiger partial charge is 0.465 e. The Morgan fingerprint density at radius 2 is 1.58 bits per heavy atom. The van der Waals surface area contributed by atoms with Crippen molar-refractivity contribution in [2.24, 2.45) is 0 Å². The van der Waals surface area contributed by atoms with Gasteiger partial charge in [-0.15, -0.1) is 0 Å². The summed E-state index contributed by atoms with van der Waals surface area (Å²) in [6.07, 6.45) is 0. The molecule has 0 aromatic heterocycles. The van der Waals surface area contributed by atoms with Crippen LogP contribution in [0, 0.1) is 6.92 Å². The van der Waals surface area contributed by atoms with E-state index in [0.717, 1.165) is 5.56 Å². The molecule has 0 bridgehead atoms. The van der Waals surface area contributed by atoms with Gasteiger partial charge in [0, 0.05) is 5.56 Å². The highest BCUT2D eigenvalue weighted by atomic mass is 16.5. The second-order valence-electron chi connectivity index (χ2n) is 5.07. The second-order valence-corrected chi connectivity index (χ2v) is 5.07. The van der Waals surface area contributed by atoms with Crippen molar-refractivity contribution in [1.82, 2.24) is 0 Å². The first-order chi connectivity index (χ1) is 11.5. The van der Waals surface area contributed by atoms with Gasteiger partial charge in [-0.2, -0.15) is 0 Å². The van der Waals surface area contributed by atoms with Crippen LogP contribution in [0.4, 0.5) is 5.69 Å². The molecule has 0 fully saturated rings. The predicted molar refractivity (Wildman–Crippen MR) is 88.3 cm³/mol. The van der Waals surface area contributed by atoms with E-state index in [0.29, 0.717) is 5.56 Å². The fraction of sp³-hybridized carbons (Fsp3) is 0.167. The zero-order valence-electron chi connectivity index (χ0n) is 13.6. The van der Waals surface area contributed by atoms with Gasteiger partial charge in [-0.3, -0.25) is 4.79 Å². The van der Waals surface area contributed by atoms with Gasteiger partial charge in [0.05, 0.1) is 31.0 Å². The van der Waals surface area contributed by atoms with E-state index in [9.17, 15) is 14.4 Å². The van der Waals surface area contributed by atoms with E-state index in [-0.39, 0.29) is 16.8 Å². The zero-order valence-corrected chi connectivity index (χ0v) is 13.6. The van der Waals surface area contributed by atoms with Crippen LogP contribution in [0.2, 0.25) is 0 Å². The van der Waals surface area contributed by atoms with Crippen LogP contribution in [0.25, 0.3) is 0 Å². The molecule has 0 heterocycles. The number of nitrogens with one attached hydrogen (secondary N) is 1. The second kappa shape index (κ2) is 7.41. The number of anilines is 1. The van der Waals surface area contributed by atoms with Crippen LogP contribution in [0.15, 0.2) is 42.5 Å². The first-order valence-electron chi connectivity index (χ1n) is 7.15. The number of esters is 2. The molecular formula is C18H17NO5. The van der Waals surface area contributed by atoms with E-state index in [1.807, 2.05) is 13.0 Å². The third-order valence-corrected chi connectivity index (χ3v) is 3.37. The first kappa shape index (κ1) is 17.2. The summed E-state index contributed by atoms with van der Waals surface area (Å²) in [5.74, 6) is -1.59. The minimum Gasteiger partial charge on any atom is -0.465 e. The summed E-state index contributed by atoms with van der Waals surface area (Å²) in [7, 11) is 2.49. The molecule has 0 radical (unpaired) electrons. The Morgan fingerprint density at radius 3 is 2.21 bits per heavy atom. The molecule has 0 aliphatic carbocycles. The maximum atomic E-state index is 12.4. The average Bonchev–Trinajstić information content (AvgIpc) is 2.60. The lowest BCUT2D eigenvalue weighted by molar-refractivity contribution is 0.0587. The molecule has 0 saturated carbocycles. The Morgan fingerprint density at radius 1 is 0.875 bits per heavy atom. The molecule has 2 aromatic carbocycles. The van der Waals surface area contributed by atoms with Crippen molar-refractivity contribution in [2.45, 2.75) is 6.92 Å². The lowest BCUT2D eigenvalue weighted by atomic mass is 10.1. The van der Waals surface area contributed by atoms with E-state index in [1.54, 1.807) is 18.2 Å². The molecule has 1 amide bonds. The Labute approximate surface area is 139 Å². The quantitative estimate of drug-likeness (QED) is 0.873. The fourth-order valence-electron chi connectivity index (χ4n) is 2.16. The summed E-state index contributed by atoms with van der Waals surface area (Å²) in [6, 6.07) is 11.2. The molecule has 0 spiro atoms. The van der Waals surface area contributed by atoms with Gasteiger partial charge in [0.2, 0.25) is 0 Å². The van der Waals surface area contributed by atoms with Gasteiger partial charge >= 0.3 is 11.9 Å². The molecule has 0 atom stereocenters. The van der Waals surface area contributed by atoms with Gasteiger partial charge in [0.15, 0.2) is 0 Å². The van der Waals surface area contributed by atoms with E-state index in [2.05, 4.69) is 10.1 Å². The van der Waals surface area contributed by atoms with Crippen molar-refractivity contribution >= 4 is 23.5 Å². The summed E-state index contributed by atoms with van der Waals surface area (Å²) < 4.78 is 9.36. The van der Waals surface area contributed by atoms with Crippen LogP contribution in [0.3, 0.4) is 0 Å². The van der Waals surface area contributed by atoms with Crippen molar-refractivity contribution in [2.75, 3.05) is 19.5 Å². The van der Waals surface area contributed by atoms with Crippen molar-refractivity contribution in [3.63, 3.8) is 0 Å². The van der Waals surface area contributed by atoms with Crippen LogP contribution in [-0.4, -0.2) is 32.1 Å². The molecule has 2 aromatic rings. The van der Waals surface area contributed by atoms with E-state index in [1.165, 1.54) is 32.4 Å². The topological polar surface area (TPSA) is 81.7 Å². The number of carbonyl (C=O) groups excluding carboxylic acids is 3. The molecular weight excluding hydrogens is 310 g/mol. The molecule has 1 N–H and O–H groups in total. The van der Waals surface area contributed by atoms with Gasteiger partial charge in [-0.25, -0.2) is 9.59 Å². The summed E-state index contributed by atoms with van der Waals surface area (Å²) in [5, 5.41) is 2.64. The van der Waals surface area contributed by atoms with Crippen molar-refractivity contribution in [3.05, 3.63) is 64.7 Å². The van der Waals surface area contributed by atoms with E-state index < -0.39 is 17.8 Å². The maximum absolute atomic E-state index is 12.4. The van der Waals surface area contributed by atoms with Gasteiger partial charge in [0.1, 0.15) is 0 Å². The number of aryl methyl sites for hydroxylation is 1. The molecule has 0 aliphatic rings. The van der Waals surface area contributed by atoms with Gasteiger partial charge < -0.3 is 14.8 Å². The molecule has 0 saturated heterocycles. The summed E-state index contributed by atoms with van der Waals surface area (Å²) in [4.78, 5) is 35.9. The lowest BCUT2D eigenvalue weighted by Crippen LogP contribution is -2.16. The zero-order chi connectivity index (χ0) is 17.7. The van der Waals surface area contributed by atoms with Crippen LogP contribution in [0.5, 0.6) is 0 Å². The minimum atomic E-state index is -0.619. The standard InChI is InChI=1S/C18H17NO5/c1-11-5-4-6-12(9-11)16(20)19-15-10-13(17(21)23-2)7-8-14(15)18(22)24-3/h4-10H,1-3H3,(H,19,20). The highest BCUT2D eigenvalue weighted by Gasteiger charge is 2.18. The van der Waals surface area contributed by atoms with Crippen LogP contribution in [0.1, 0.15) is 36.6 Å². The smallest absolute Gasteiger partial charge is 0.339 e. The molecule has 0 unspecified atom stereocenters. The molecule has 24 heavy (non-hydrogen) atoms. The van der Waals surface area contributed by atoms with Gasteiger partial charge in [-0.05, 0) is 37.3 Å². The molecule has 6 heteroatoms. The summed E-state index contributed by atoms with van der Waals surface area (Å²) in [6.45, 7) is 1.87. The minimum absolute atomic E-state index is 0.145. The Bertz CT molecular complexity index is 798. The molecule has 6 nitrogen and oxygen atoms in total. The normalized spacial score (nSPS) is 9.96. The summed E-state index contributed by atoms with van der Waals surface area (Å²) >= 11 is 0. The number of methoxy groups -OCH3 is 2. The SMILES string of the molecule is COC(=O)c1ccc(C(=O)OC)c(NC(=O)c2cccc(C)c2)c1. The van der Waals surface area contributed by atoms with Gasteiger partial charge in [0.25, 0.3) is 5.91 Å². The number of benzene rings is 2. The lowest BCUT2D eigenvalue weighted by Gasteiger charge is -2.11. The highest BCUT2D eigenvalue weighted by Crippen LogP contribution is 2.21. The number of hydrogen-bond donors (Lipinski definition) is 1. The third kappa shape index (κ3) is 3.78. The van der Waals surface area contributed by atoms with E-state index in [4.69, 9.17) is 4.74 Å². The molecule has 124 valence electrons. The monoisotopic (exact) mass is 327 g/mol. The fourth-order valence-corrected chi connectivity index (χ4v) is 2.16. The Balaban J connectivity index is 2.40. The Kier molecular flexibility index (Phi) is 5.31.